The molecule has 0 aromatic heterocycles. The SMILES string of the molecule is O=C(NC1CCCC(C2CC2)C1)NC1(CO)CCCC1. The summed E-state index contributed by atoms with van der Waals surface area (Å²) in [4.78, 5) is 12.2. The molecule has 3 fully saturated rings. The van der Waals surface area contributed by atoms with Gasteiger partial charge in [-0.05, 0) is 50.4 Å². The highest BCUT2D eigenvalue weighted by atomic mass is 16.3. The zero-order chi connectivity index (χ0) is 14.0. The smallest absolute Gasteiger partial charge is 0.315 e. The Morgan fingerprint density at radius 1 is 1.05 bits per heavy atom. The number of hydrogen-bond acceptors (Lipinski definition) is 2. The van der Waals surface area contributed by atoms with Crippen molar-refractivity contribution >= 4 is 6.03 Å². The molecule has 0 saturated heterocycles. The Bertz CT molecular complexity index is 348. The molecule has 4 heteroatoms. The van der Waals surface area contributed by atoms with Crippen molar-refractivity contribution in [1.29, 1.82) is 0 Å². The van der Waals surface area contributed by atoms with Crippen LogP contribution in [-0.2, 0) is 0 Å². The van der Waals surface area contributed by atoms with Gasteiger partial charge in [0, 0.05) is 6.04 Å². The second kappa shape index (κ2) is 5.92. The molecular formula is C16H28N2O2. The molecule has 3 aliphatic carbocycles. The van der Waals surface area contributed by atoms with Crippen LogP contribution in [0.2, 0.25) is 0 Å². The van der Waals surface area contributed by atoms with Crippen LogP contribution in [0.25, 0.3) is 0 Å². The van der Waals surface area contributed by atoms with Crippen LogP contribution >= 0.6 is 0 Å². The Kier molecular flexibility index (Phi) is 4.20. The van der Waals surface area contributed by atoms with Gasteiger partial charge in [-0.25, -0.2) is 4.79 Å². The fourth-order valence-electron chi connectivity index (χ4n) is 4.19. The van der Waals surface area contributed by atoms with E-state index in [4.69, 9.17) is 0 Å². The van der Waals surface area contributed by atoms with E-state index in [0.717, 1.165) is 50.4 Å². The number of hydrogen-bond donors (Lipinski definition) is 3. The monoisotopic (exact) mass is 280 g/mol. The van der Waals surface area contributed by atoms with Crippen molar-refractivity contribution in [3.63, 3.8) is 0 Å². The van der Waals surface area contributed by atoms with Gasteiger partial charge in [-0.2, -0.15) is 0 Å². The summed E-state index contributed by atoms with van der Waals surface area (Å²) in [5.41, 5.74) is -0.353. The minimum atomic E-state index is -0.353. The Morgan fingerprint density at radius 2 is 1.80 bits per heavy atom. The first-order valence-corrected chi connectivity index (χ1v) is 8.40. The summed E-state index contributed by atoms with van der Waals surface area (Å²) in [5, 5.41) is 15.8. The highest BCUT2D eigenvalue weighted by Crippen LogP contribution is 2.43. The lowest BCUT2D eigenvalue weighted by molar-refractivity contribution is 0.159. The number of nitrogens with one attached hydrogen (secondary N) is 2. The summed E-state index contributed by atoms with van der Waals surface area (Å²) < 4.78 is 0. The average Bonchev–Trinajstić information content (AvgIpc) is 3.20. The number of amides is 2. The van der Waals surface area contributed by atoms with Crippen molar-refractivity contribution in [3.05, 3.63) is 0 Å². The predicted molar refractivity (Wildman–Crippen MR) is 78.4 cm³/mol. The van der Waals surface area contributed by atoms with E-state index < -0.39 is 0 Å². The quantitative estimate of drug-likeness (QED) is 0.741. The third kappa shape index (κ3) is 3.27. The third-order valence-electron chi connectivity index (χ3n) is 5.58. The lowest BCUT2D eigenvalue weighted by Gasteiger charge is -2.32. The van der Waals surface area contributed by atoms with Crippen molar-refractivity contribution in [1.82, 2.24) is 10.6 Å². The van der Waals surface area contributed by atoms with E-state index in [0.29, 0.717) is 6.04 Å². The molecule has 2 atom stereocenters. The van der Waals surface area contributed by atoms with Crippen molar-refractivity contribution < 1.29 is 9.90 Å². The fourth-order valence-corrected chi connectivity index (χ4v) is 4.19. The van der Waals surface area contributed by atoms with Gasteiger partial charge in [-0.15, -0.1) is 0 Å². The number of aliphatic hydroxyl groups excluding tert-OH is 1. The molecule has 114 valence electrons. The van der Waals surface area contributed by atoms with Gasteiger partial charge < -0.3 is 15.7 Å². The molecule has 0 heterocycles. The van der Waals surface area contributed by atoms with Crippen LogP contribution in [0, 0.1) is 11.8 Å². The van der Waals surface area contributed by atoms with Crippen molar-refractivity contribution in [3.8, 4) is 0 Å². The Labute approximate surface area is 121 Å². The molecule has 0 radical (unpaired) electrons. The Hall–Kier alpha value is -0.770. The van der Waals surface area contributed by atoms with E-state index in [2.05, 4.69) is 10.6 Å². The van der Waals surface area contributed by atoms with Gasteiger partial charge in [-0.1, -0.05) is 25.7 Å². The zero-order valence-electron chi connectivity index (χ0n) is 12.4. The molecule has 0 aliphatic heterocycles. The molecule has 3 rings (SSSR count). The zero-order valence-corrected chi connectivity index (χ0v) is 12.4. The maximum atomic E-state index is 12.2. The van der Waals surface area contributed by atoms with Crippen molar-refractivity contribution in [2.45, 2.75) is 75.8 Å². The minimum Gasteiger partial charge on any atom is -0.394 e. The highest BCUT2D eigenvalue weighted by molar-refractivity contribution is 5.75. The van der Waals surface area contributed by atoms with Crippen molar-refractivity contribution in [2.24, 2.45) is 11.8 Å². The van der Waals surface area contributed by atoms with Crippen LogP contribution in [0.15, 0.2) is 0 Å². The predicted octanol–water partition coefficient (Wildman–Crippen LogP) is 2.56. The van der Waals surface area contributed by atoms with E-state index in [1.165, 1.54) is 25.7 Å². The van der Waals surface area contributed by atoms with Gasteiger partial charge >= 0.3 is 6.03 Å². The molecule has 4 nitrogen and oxygen atoms in total. The van der Waals surface area contributed by atoms with E-state index >= 15 is 0 Å². The maximum absolute atomic E-state index is 12.2. The second-order valence-corrected chi connectivity index (χ2v) is 7.21. The van der Waals surface area contributed by atoms with Crippen LogP contribution in [0.1, 0.15) is 64.2 Å². The molecule has 3 aliphatic rings. The number of carbonyl (C=O) groups is 1. The van der Waals surface area contributed by atoms with Crippen LogP contribution in [0.5, 0.6) is 0 Å². The topological polar surface area (TPSA) is 61.4 Å². The lowest BCUT2D eigenvalue weighted by atomic mass is 9.83. The Balaban J connectivity index is 1.48. The number of carbonyl (C=O) groups excluding carboxylic acids is 1. The first-order chi connectivity index (χ1) is 9.71. The van der Waals surface area contributed by atoms with Crippen molar-refractivity contribution in [2.75, 3.05) is 6.61 Å². The molecule has 2 amide bonds. The summed E-state index contributed by atoms with van der Waals surface area (Å²) in [6.07, 6.45) is 11.7. The minimum absolute atomic E-state index is 0.0653. The van der Waals surface area contributed by atoms with Gasteiger partial charge in [0.15, 0.2) is 0 Å². The van der Waals surface area contributed by atoms with Gasteiger partial charge in [0.05, 0.1) is 12.1 Å². The van der Waals surface area contributed by atoms with E-state index in [-0.39, 0.29) is 18.2 Å². The van der Waals surface area contributed by atoms with Crippen LogP contribution in [0.3, 0.4) is 0 Å². The number of urea groups is 1. The third-order valence-corrected chi connectivity index (χ3v) is 5.58. The molecule has 3 N–H and O–H groups in total. The van der Waals surface area contributed by atoms with E-state index in [9.17, 15) is 9.90 Å². The molecule has 3 saturated carbocycles. The summed E-state index contributed by atoms with van der Waals surface area (Å²) in [6, 6.07) is 0.272. The lowest BCUT2D eigenvalue weighted by Crippen LogP contribution is -2.55. The van der Waals surface area contributed by atoms with Gasteiger partial charge in [-0.3, -0.25) is 0 Å². The number of aliphatic hydroxyl groups is 1. The summed E-state index contributed by atoms with van der Waals surface area (Å²) >= 11 is 0. The van der Waals surface area contributed by atoms with Gasteiger partial charge in [0.2, 0.25) is 0 Å². The molecule has 0 spiro atoms. The van der Waals surface area contributed by atoms with Crippen LogP contribution in [0.4, 0.5) is 4.79 Å². The van der Waals surface area contributed by atoms with E-state index in [1.807, 2.05) is 0 Å². The normalized spacial score (nSPS) is 32.9. The molecular weight excluding hydrogens is 252 g/mol. The summed E-state index contributed by atoms with van der Waals surface area (Å²) in [7, 11) is 0. The molecule has 0 aromatic carbocycles. The number of rotatable bonds is 4. The van der Waals surface area contributed by atoms with Crippen LogP contribution < -0.4 is 10.6 Å². The maximum Gasteiger partial charge on any atom is 0.315 e. The molecule has 2 unspecified atom stereocenters. The largest absolute Gasteiger partial charge is 0.394 e. The second-order valence-electron chi connectivity index (χ2n) is 7.21. The van der Waals surface area contributed by atoms with Gasteiger partial charge in [0.25, 0.3) is 0 Å². The fraction of sp³-hybridized carbons (Fsp3) is 0.938. The average molecular weight is 280 g/mol. The molecule has 0 bridgehead atoms. The molecule has 20 heavy (non-hydrogen) atoms. The van der Waals surface area contributed by atoms with E-state index in [1.54, 1.807) is 0 Å². The standard InChI is InChI=1S/C16H28N2O2/c19-11-16(8-1-2-9-16)18-15(20)17-14-5-3-4-13(10-14)12-6-7-12/h12-14,19H,1-11H2,(H2,17,18,20). The first kappa shape index (κ1) is 14.2. The Morgan fingerprint density at radius 3 is 2.45 bits per heavy atom. The summed E-state index contributed by atoms with van der Waals surface area (Å²) in [5.74, 6) is 1.79. The van der Waals surface area contributed by atoms with Gasteiger partial charge in [0.1, 0.15) is 0 Å². The van der Waals surface area contributed by atoms with Crippen LogP contribution in [-0.4, -0.2) is 29.3 Å². The first-order valence-electron chi connectivity index (χ1n) is 8.40. The molecule has 0 aromatic rings. The highest BCUT2D eigenvalue weighted by Gasteiger charge is 2.37. The summed E-state index contributed by atoms with van der Waals surface area (Å²) in [6.45, 7) is 0.0653.